The number of nitrogens with one attached hydrogen (secondary N) is 3. The highest BCUT2D eigenvalue weighted by Crippen LogP contribution is 2.38. The van der Waals surface area contributed by atoms with Crippen LogP contribution >= 0.6 is 0 Å². The van der Waals surface area contributed by atoms with Crippen LogP contribution in [0.3, 0.4) is 0 Å². The number of allylic oxidation sites excluding steroid dienone is 1. The van der Waals surface area contributed by atoms with Gasteiger partial charge >= 0.3 is 6.09 Å². The van der Waals surface area contributed by atoms with Crippen LogP contribution in [0, 0.1) is 23.2 Å². The number of nitrogens with zero attached hydrogens (tertiary/aromatic N) is 4. The summed E-state index contributed by atoms with van der Waals surface area (Å²) in [4.78, 5) is 25.3. The lowest BCUT2D eigenvalue weighted by atomic mass is 9.80. The minimum Gasteiger partial charge on any atom is -0.465 e. The Morgan fingerprint density at radius 1 is 1.18 bits per heavy atom. The second-order valence-corrected chi connectivity index (χ2v) is 11.5. The summed E-state index contributed by atoms with van der Waals surface area (Å²) in [5.41, 5.74) is 0.253. The quantitative estimate of drug-likeness (QED) is 0.140. The molecule has 0 spiro atoms. The molecule has 10 heteroatoms. The molecule has 2 aliphatic rings. The maximum atomic E-state index is 12.0. The Hall–Kier alpha value is -3.79. The van der Waals surface area contributed by atoms with Crippen molar-refractivity contribution in [1.29, 1.82) is 5.41 Å². The molecule has 2 aromatic heterocycles. The third-order valence-corrected chi connectivity index (χ3v) is 8.72. The largest absolute Gasteiger partial charge is 0.465 e. The van der Waals surface area contributed by atoms with Crippen molar-refractivity contribution in [3.8, 4) is 0 Å². The molecule has 0 bridgehead atoms. The molecule has 5 N–H and O–H groups in total. The first-order valence-corrected chi connectivity index (χ1v) is 14.2. The number of aromatic nitrogens is 4. The van der Waals surface area contributed by atoms with Crippen LogP contribution in [-0.2, 0) is 12.1 Å². The first-order chi connectivity index (χ1) is 19.2. The molecule has 1 unspecified atom stereocenters. The number of aliphatic hydroxyl groups is 1. The van der Waals surface area contributed by atoms with Crippen molar-refractivity contribution >= 4 is 28.9 Å². The number of anilines is 1. The summed E-state index contributed by atoms with van der Waals surface area (Å²) in [5, 5.41) is 35.0. The van der Waals surface area contributed by atoms with Gasteiger partial charge in [-0.2, -0.15) is 0 Å². The Balaban J connectivity index is 1.66. The molecule has 3 aromatic rings. The molecule has 5 rings (SSSR count). The van der Waals surface area contributed by atoms with E-state index >= 15 is 0 Å². The molecule has 40 heavy (non-hydrogen) atoms. The third-order valence-electron chi connectivity index (χ3n) is 8.72. The fourth-order valence-electron chi connectivity index (χ4n) is 5.99. The van der Waals surface area contributed by atoms with Gasteiger partial charge in [0.05, 0.1) is 0 Å². The van der Waals surface area contributed by atoms with Crippen molar-refractivity contribution in [3.05, 3.63) is 60.2 Å². The van der Waals surface area contributed by atoms with E-state index in [2.05, 4.69) is 38.7 Å². The Kier molecular flexibility index (Phi) is 7.89. The maximum Gasteiger partial charge on any atom is 0.410 e. The van der Waals surface area contributed by atoms with Gasteiger partial charge in [-0.25, -0.2) is 19.7 Å². The fraction of sp³-hybridized carbons (Fsp3) is 0.500. The van der Waals surface area contributed by atoms with Crippen LogP contribution in [0.4, 0.5) is 10.6 Å². The molecule has 0 radical (unpaired) electrons. The second-order valence-electron chi connectivity index (χ2n) is 11.5. The van der Waals surface area contributed by atoms with Crippen molar-refractivity contribution < 1.29 is 15.0 Å². The van der Waals surface area contributed by atoms with Crippen LogP contribution in [0.2, 0.25) is 0 Å². The maximum absolute atomic E-state index is 12.0. The minimum absolute atomic E-state index is 0.0692. The molecule has 2 aliphatic carbocycles. The average molecular weight is 546 g/mol. The molecular formula is C30H39N7O3. The summed E-state index contributed by atoms with van der Waals surface area (Å²) in [6.45, 7) is 8.48. The van der Waals surface area contributed by atoms with Crippen LogP contribution in [0.1, 0.15) is 76.0 Å². The topological polar surface area (TPSA) is 149 Å². The molecule has 2 heterocycles. The van der Waals surface area contributed by atoms with E-state index in [4.69, 9.17) is 10.4 Å². The molecule has 0 saturated heterocycles. The van der Waals surface area contributed by atoms with Crippen LogP contribution in [0.15, 0.2) is 43.0 Å². The monoisotopic (exact) mass is 545 g/mol. The predicted octanol–water partition coefficient (Wildman–Crippen LogP) is 5.27. The Labute approximate surface area is 234 Å². The van der Waals surface area contributed by atoms with Crippen molar-refractivity contribution in [2.75, 3.05) is 5.32 Å². The summed E-state index contributed by atoms with van der Waals surface area (Å²) in [7, 11) is 0. The summed E-state index contributed by atoms with van der Waals surface area (Å²) < 4.78 is 2.05. The van der Waals surface area contributed by atoms with Gasteiger partial charge in [0.25, 0.3) is 0 Å². The zero-order valence-corrected chi connectivity index (χ0v) is 23.2. The van der Waals surface area contributed by atoms with Crippen molar-refractivity contribution in [1.82, 2.24) is 24.8 Å². The second kappa shape index (κ2) is 11.4. The number of amidine groups is 1. The number of benzene rings is 1. The van der Waals surface area contributed by atoms with E-state index in [1.54, 1.807) is 6.92 Å². The summed E-state index contributed by atoms with van der Waals surface area (Å²) in [6, 6.07) is 9.55. The number of carbonyl (C=O) groups is 1. The summed E-state index contributed by atoms with van der Waals surface area (Å²) in [6.07, 6.45) is 8.38. The fourth-order valence-corrected chi connectivity index (χ4v) is 5.99. The number of fused-ring (bicyclic) bond motifs is 1. The van der Waals surface area contributed by atoms with Gasteiger partial charge in [-0.05, 0) is 75.7 Å². The number of carboxylic acid groups (broad SMARTS) is 1. The zero-order chi connectivity index (χ0) is 28.4. The van der Waals surface area contributed by atoms with Gasteiger partial charge in [0.15, 0.2) is 23.1 Å². The summed E-state index contributed by atoms with van der Waals surface area (Å²) >= 11 is 0. The number of hydrogen-bond acceptors (Lipinski definition) is 7. The van der Waals surface area contributed by atoms with Gasteiger partial charge in [-0.15, -0.1) is 6.58 Å². The Morgan fingerprint density at radius 2 is 1.88 bits per heavy atom. The van der Waals surface area contributed by atoms with Crippen molar-refractivity contribution in [2.45, 2.75) is 77.0 Å². The lowest BCUT2D eigenvalue weighted by molar-refractivity contribution is 0.0867. The lowest BCUT2D eigenvalue weighted by Gasteiger charge is -2.33. The van der Waals surface area contributed by atoms with E-state index in [-0.39, 0.29) is 11.9 Å². The number of hydrogen-bond donors (Lipinski definition) is 5. The predicted molar refractivity (Wildman–Crippen MR) is 154 cm³/mol. The standard InChI is InChI=1S/C30H39N7O3/c1-4-19-13-15-20(16-14-19)17-37-23-25(32-18(2)21-9-8-10-21)34-27(24(31)33-29(38)39)35-26(23)36-28(37)30(3,40)22-11-6-5-7-12-22/h4-7,11-12,18-21,40H,1,8-10,13-17H2,2-3H3,(H2,31,33)(H,38,39)(H,32,34,35)/t18-,19?,20?,30?/m1/s1. The lowest BCUT2D eigenvalue weighted by Crippen LogP contribution is -2.33. The highest BCUT2D eigenvalue weighted by atomic mass is 16.4. The van der Waals surface area contributed by atoms with Crippen LogP contribution in [-0.4, -0.2) is 47.7 Å². The number of imidazole rings is 1. The van der Waals surface area contributed by atoms with E-state index in [0.717, 1.165) is 38.5 Å². The van der Waals surface area contributed by atoms with E-state index in [0.29, 0.717) is 52.7 Å². The molecule has 10 nitrogen and oxygen atoms in total. The molecule has 2 atom stereocenters. The molecule has 2 fully saturated rings. The van der Waals surface area contributed by atoms with Crippen LogP contribution in [0.5, 0.6) is 0 Å². The summed E-state index contributed by atoms with van der Waals surface area (Å²) in [5.74, 6) is 1.86. The normalized spacial score (nSPS) is 21.7. The van der Waals surface area contributed by atoms with Crippen molar-refractivity contribution in [2.24, 2.45) is 17.8 Å². The Morgan fingerprint density at radius 3 is 2.48 bits per heavy atom. The SMILES string of the molecule is C=CC1CCC(Cn2c(C(C)(O)c3ccccc3)nc3nc(C(=N)NC(=O)O)nc(N[C@H](C)C4CCC4)c32)CC1. The average Bonchev–Trinajstić information content (AvgIpc) is 3.27. The first-order valence-electron chi connectivity index (χ1n) is 14.2. The van der Waals surface area contributed by atoms with Crippen LogP contribution in [0.25, 0.3) is 11.2 Å². The molecule has 0 aliphatic heterocycles. The minimum atomic E-state index is -1.43. The van der Waals surface area contributed by atoms with Crippen LogP contribution < -0.4 is 10.6 Å². The smallest absolute Gasteiger partial charge is 0.410 e. The van der Waals surface area contributed by atoms with Gasteiger partial charge in [0, 0.05) is 12.6 Å². The van der Waals surface area contributed by atoms with Gasteiger partial charge < -0.3 is 20.1 Å². The van der Waals surface area contributed by atoms with E-state index in [1.165, 1.54) is 6.42 Å². The van der Waals surface area contributed by atoms with Gasteiger partial charge in [-0.3, -0.25) is 10.7 Å². The molecule has 1 aromatic carbocycles. The highest BCUT2D eigenvalue weighted by molar-refractivity contribution is 6.03. The zero-order valence-electron chi connectivity index (χ0n) is 23.2. The van der Waals surface area contributed by atoms with Gasteiger partial charge in [0.1, 0.15) is 16.9 Å². The van der Waals surface area contributed by atoms with E-state index < -0.39 is 17.5 Å². The molecule has 1 amide bonds. The number of rotatable bonds is 9. The molecular weight excluding hydrogens is 506 g/mol. The third kappa shape index (κ3) is 5.58. The Bertz CT molecular complexity index is 1390. The highest BCUT2D eigenvalue weighted by Gasteiger charge is 2.35. The van der Waals surface area contributed by atoms with E-state index in [1.807, 2.05) is 36.4 Å². The van der Waals surface area contributed by atoms with Gasteiger partial charge in [-0.1, -0.05) is 42.8 Å². The van der Waals surface area contributed by atoms with E-state index in [9.17, 15) is 15.0 Å². The van der Waals surface area contributed by atoms with Gasteiger partial charge in [0.2, 0.25) is 0 Å². The molecule has 2 saturated carbocycles. The first kappa shape index (κ1) is 27.8. The van der Waals surface area contributed by atoms with Crippen molar-refractivity contribution in [3.63, 3.8) is 0 Å². The molecule has 212 valence electrons. The number of amides is 1.